The lowest BCUT2D eigenvalue weighted by molar-refractivity contribution is -0.223. The Morgan fingerprint density at radius 2 is 1.73 bits per heavy atom. The molecule has 2 nitrogen and oxygen atoms in total. The molecule has 0 spiro atoms. The Labute approximate surface area is 153 Å². The molecule has 0 radical (unpaired) electrons. The first kappa shape index (κ1) is 19.3. The van der Waals surface area contributed by atoms with Crippen molar-refractivity contribution in [1.29, 1.82) is 0 Å². The molecule has 1 saturated carbocycles. The third-order valence-corrected chi connectivity index (χ3v) is 5.59. The Bertz CT molecular complexity index is 604. The number of hydrogen-bond acceptors (Lipinski definition) is 2. The van der Waals surface area contributed by atoms with Crippen molar-refractivity contribution in [3.05, 3.63) is 41.7 Å². The fourth-order valence-corrected chi connectivity index (χ4v) is 4.13. The number of rotatable bonds is 6. The van der Waals surface area contributed by atoms with Gasteiger partial charge in [-0.05, 0) is 82.1 Å². The number of benzene rings is 1. The van der Waals surface area contributed by atoms with Crippen LogP contribution in [0, 0.1) is 17.7 Å². The van der Waals surface area contributed by atoms with E-state index in [-0.39, 0.29) is 5.75 Å². The zero-order valence-electron chi connectivity index (χ0n) is 15.2. The fraction of sp³-hybridized carbons (Fsp3) is 0.619. The van der Waals surface area contributed by atoms with Crippen LogP contribution in [0.1, 0.15) is 51.9 Å². The second kappa shape index (κ2) is 8.47. The Balaban J connectivity index is 1.52. The average Bonchev–Trinajstić information content (AvgIpc) is 2.65. The number of allylic oxidation sites excluding steroid dienone is 1. The molecule has 1 fully saturated rings. The first-order valence-electron chi connectivity index (χ1n) is 9.61. The van der Waals surface area contributed by atoms with E-state index in [1.165, 1.54) is 17.7 Å². The number of alkyl halides is 2. The molecule has 0 bridgehead atoms. The van der Waals surface area contributed by atoms with E-state index >= 15 is 0 Å². The van der Waals surface area contributed by atoms with Crippen LogP contribution in [0.2, 0.25) is 0 Å². The van der Waals surface area contributed by atoms with Gasteiger partial charge in [0.25, 0.3) is 0 Å². The van der Waals surface area contributed by atoms with E-state index in [9.17, 15) is 13.2 Å². The van der Waals surface area contributed by atoms with Crippen LogP contribution in [-0.2, 0) is 4.74 Å². The van der Waals surface area contributed by atoms with Gasteiger partial charge in [0.1, 0.15) is 11.6 Å². The molecular formula is C21H27F3O2. The van der Waals surface area contributed by atoms with Gasteiger partial charge in [0, 0.05) is 6.61 Å². The minimum Gasteiger partial charge on any atom is -0.432 e. The lowest BCUT2D eigenvalue weighted by Crippen LogP contribution is -2.37. The van der Waals surface area contributed by atoms with Gasteiger partial charge in [0.05, 0.1) is 12.0 Å². The molecule has 0 aromatic heterocycles. The fourth-order valence-electron chi connectivity index (χ4n) is 4.13. The van der Waals surface area contributed by atoms with Crippen LogP contribution in [0.5, 0.6) is 5.75 Å². The Hall–Kier alpha value is -1.49. The van der Waals surface area contributed by atoms with E-state index in [1.807, 2.05) is 6.92 Å². The van der Waals surface area contributed by atoms with Crippen LogP contribution in [-0.4, -0.2) is 18.8 Å². The molecule has 0 N–H and O–H groups in total. The third kappa shape index (κ3) is 4.81. The van der Waals surface area contributed by atoms with Crippen molar-refractivity contribution in [2.45, 2.75) is 64.1 Å². The lowest BCUT2D eigenvalue weighted by Gasteiger charge is -2.35. The zero-order valence-corrected chi connectivity index (χ0v) is 15.2. The van der Waals surface area contributed by atoms with Gasteiger partial charge >= 0.3 is 6.11 Å². The maximum atomic E-state index is 14.5. The molecular weight excluding hydrogens is 341 g/mol. The van der Waals surface area contributed by atoms with Gasteiger partial charge in [-0.3, -0.25) is 0 Å². The van der Waals surface area contributed by atoms with Crippen molar-refractivity contribution in [3.63, 3.8) is 0 Å². The maximum absolute atomic E-state index is 14.5. The van der Waals surface area contributed by atoms with Crippen LogP contribution in [0.25, 0.3) is 0 Å². The molecule has 1 atom stereocenters. The summed E-state index contributed by atoms with van der Waals surface area (Å²) >= 11 is 0. The van der Waals surface area contributed by atoms with Gasteiger partial charge in [0.2, 0.25) is 0 Å². The first-order valence-corrected chi connectivity index (χ1v) is 9.61. The minimum absolute atomic E-state index is 0.00970. The standard InChI is InChI=1S/C21H27F3O2/c1-2-25-19-11-5-16(6-12-19)15-3-7-17(8-4-15)21(23,24)26-20-13-9-18(22)10-14-20/h5,9-10,13-15,17,19H,2-4,6-8,11-12H2,1H3. The number of hydrogen-bond donors (Lipinski definition) is 0. The van der Waals surface area contributed by atoms with Crippen LogP contribution < -0.4 is 4.74 Å². The van der Waals surface area contributed by atoms with Gasteiger partial charge < -0.3 is 9.47 Å². The summed E-state index contributed by atoms with van der Waals surface area (Å²) in [4.78, 5) is 0. The third-order valence-electron chi connectivity index (χ3n) is 5.59. The Morgan fingerprint density at radius 1 is 1.04 bits per heavy atom. The van der Waals surface area contributed by atoms with Gasteiger partial charge in [-0.1, -0.05) is 11.6 Å². The van der Waals surface area contributed by atoms with Crippen molar-refractivity contribution in [2.75, 3.05) is 6.61 Å². The predicted octanol–water partition coefficient (Wildman–Crippen LogP) is 6.12. The van der Waals surface area contributed by atoms with Crippen LogP contribution in [0.4, 0.5) is 13.2 Å². The molecule has 1 unspecified atom stereocenters. The summed E-state index contributed by atoms with van der Waals surface area (Å²) in [6.07, 6.45) is 4.80. The van der Waals surface area contributed by atoms with Crippen molar-refractivity contribution in [1.82, 2.24) is 0 Å². The molecule has 0 amide bonds. The van der Waals surface area contributed by atoms with Crippen molar-refractivity contribution < 1.29 is 22.6 Å². The molecule has 0 aliphatic heterocycles. The Morgan fingerprint density at radius 3 is 2.31 bits per heavy atom. The van der Waals surface area contributed by atoms with E-state index in [2.05, 4.69) is 6.08 Å². The van der Waals surface area contributed by atoms with Gasteiger partial charge in [-0.2, -0.15) is 8.78 Å². The van der Waals surface area contributed by atoms with E-state index in [4.69, 9.17) is 9.47 Å². The predicted molar refractivity (Wildman–Crippen MR) is 94.8 cm³/mol. The summed E-state index contributed by atoms with van der Waals surface area (Å²) in [6.45, 7) is 2.75. The molecule has 5 heteroatoms. The van der Waals surface area contributed by atoms with E-state index in [0.29, 0.717) is 24.9 Å². The molecule has 144 valence electrons. The molecule has 3 rings (SSSR count). The van der Waals surface area contributed by atoms with Crippen LogP contribution >= 0.6 is 0 Å². The second-order valence-corrected chi connectivity index (χ2v) is 7.30. The zero-order chi connectivity index (χ0) is 18.6. The van der Waals surface area contributed by atoms with Gasteiger partial charge in [-0.25, -0.2) is 4.39 Å². The van der Waals surface area contributed by atoms with E-state index < -0.39 is 17.8 Å². The van der Waals surface area contributed by atoms with Crippen molar-refractivity contribution >= 4 is 0 Å². The average molecular weight is 368 g/mol. The van der Waals surface area contributed by atoms with Crippen LogP contribution in [0.3, 0.4) is 0 Å². The summed E-state index contributed by atoms with van der Waals surface area (Å²) in [7, 11) is 0. The van der Waals surface area contributed by atoms with Gasteiger partial charge in [-0.15, -0.1) is 0 Å². The maximum Gasteiger partial charge on any atom is 0.400 e. The van der Waals surface area contributed by atoms with Crippen molar-refractivity contribution in [3.8, 4) is 5.75 Å². The lowest BCUT2D eigenvalue weighted by atomic mass is 9.75. The second-order valence-electron chi connectivity index (χ2n) is 7.30. The summed E-state index contributed by atoms with van der Waals surface area (Å²) in [5, 5.41) is 0. The van der Waals surface area contributed by atoms with E-state index in [1.54, 1.807) is 0 Å². The highest BCUT2D eigenvalue weighted by molar-refractivity contribution is 5.22. The molecule has 2 aliphatic carbocycles. The topological polar surface area (TPSA) is 18.5 Å². The number of halogens is 3. The highest BCUT2D eigenvalue weighted by Gasteiger charge is 2.44. The highest BCUT2D eigenvalue weighted by Crippen LogP contribution is 2.43. The summed E-state index contributed by atoms with van der Waals surface area (Å²) < 4.78 is 52.4. The monoisotopic (exact) mass is 368 g/mol. The summed E-state index contributed by atoms with van der Waals surface area (Å²) in [5.74, 6) is -0.830. The largest absolute Gasteiger partial charge is 0.432 e. The Kier molecular flexibility index (Phi) is 6.28. The van der Waals surface area contributed by atoms with E-state index in [0.717, 1.165) is 50.8 Å². The molecule has 0 saturated heterocycles. The summed E-state index contributed by atoms with van der Waals surface area (Å²) in [6, 6.07) is 4.76. The quantitative estimate of drug-likeness (QED) is 0.563. The first-order chi connectivity index (χ1) is 12.5. The molecule has 1 aromatic rings. The van der Waals surface area contributed by atoms with Gasteiger partial charge in [0.15, 0.2) is 0 Å². The molecule has 0 heterocycles. The molecule has 26 heavy (non-hydrogen) atoms. The SMILES string of the molecule is CCOC1CC=C(C2CCC(C(F)(F)Oc3ccc(F)cc3)CC2)CC1. The normalized spacial score (nSPS) is 27.1. The molecule has 1 aromatic carbocycles. The molecule has 2 aliphatic rings. The minimum atomic E-state index is -3.22. The smallest absolute Gasteiger partial charge is 0.400 e. The van der Waals surface area contributed by atoms with Crippen molar-refractivity contribution in [2.24, 2.45) is 11.8 Å². The number of ether oxygens (including phenoxy) is 2. The summed E-state index contributed by atoms with van der Waals surface area (Å²) in [5.41, 5.74) is 1.42. The van der Waals surface area contributed by atoms with Crippen LogP contribution in [0.15, 0.2) is 35.9 Å². The highest BCUT2D eigenvalue weighted by atomic mass is 19.3.